The summed E-state index contributed by atoms with van der Waals surface area (Å²) in [5, 5.41) is 3.66. The molecule has 0 saturated carbocycles. The number of carbonyl (C=O) groups is 1. The SMILES string of the molecule is CSc1ncccc1C(=O)NCC1CCN(S(=O)(=O)c2cccnc2)CC1. The highest BCUT2D eigenvalue weighted by Crippen LogP contribution is 2.23. The zero-order valence-corrected chi connectivity index (χ0v) is 16.7. The Morgan fingerprint density at radius 2 is 2.00 bits per heavy atom. The van der Waals surface area contributed by atoms with Crippen molar-refractivity contribution in [3.63, 3.8) is 0 Å². The molecule has 1 aliphatic rings. The number of pyridine rings is 2. The summed E-state index contributed by atoms with van der Waals surface area (Å²) >= 11 is 1.44. The number of piperidine rings is 1. The minimum atomic E-state index is -3.50. The number of rotatable bonds is 6. The molecule has 7 nitrogen and oxygen atoms in total. The van der Waals surface area contributed by atoms with Crippen LogP contribution in [0.4, 0.5) is 0 Å². The number of sulfonamides is 1. The van der Waals surface area contributed by atoms with Crippen molar-refractivity contribution in [3.05, 3.63) is 48.4 Å². The second-order valence-corrected chi connectivity index (χ2v) is 9.04. The fourth-order valence-electron chi connectivity index (χ4n) is 3.06. The topological polar surface area (TPSA) is 92.3 Å². The molecule has 3 rings (SSSR count). The summed E-state index contributed by atoms with van der Waals surface area (Å²) in [5.41, 5.74) is 0.571. The molecule has 0 unspecified atom stereocenters. The maximum Gasteiger partial charge on any atom is 0.254 e. The van der Waals surface area contributed by atoms with Gasteiger partial charge in [0.15, 0.2) is 0 Å². The normalized spacial score (nSPS) is 16.2. The predicted molar refractivity (Wildman–Crippen MR) is 104 cm³/mol. The Hall–Kier alpha value is -1.97. The first-order valence-electron chi connectivity index (χ1n) is 8.69. The molecule has 1 fully saturated rings. The molecular weight excluding hydrogens is 384 g/mol. The molecule has 0 atom stereocenters. The number of hydrogen-bond donors (Lipinski definition) is 1. The van der Waals surface area contributed by atoms with Crippen molar-refractivity contribution in [2.75, 3.05) is 25.9 Å². The third-order valence-corrected chi connectivity index (χ3v) is 7.20. The number of carbonyl (C=O) groups excluding carboxylic acids is 1. The first-order chi connectivity index (χ1) is 13.0. The van der Waals surface area contributed by atoms with Gasteiger partial charge < -0.3 is 5.32 Å². The van der Waals surface area contributed by atoms with E-state index >= 15 is 0 Å². The van der Waals surface area contributed by atoms with Crippen LogP contribution in [0.3, 0.4) is 0 Å². The zero-order chi connectivity index (χ0) is 19.3. The molecule has 0 aliphatic carbocycles. The van der Waals surface area contributed by atoms with E-state index in [-0.39, 0.29) is 16.7 Å². The lowest BCUT2D eigenvalue weighted by molar-refractivity contribution is 0.0938. The summed E-state index contributed by atoms with van der Waals surface area (Å²) in [6.45, 7) is 1.42. The van der Waals surface area contributed by atoms with Crippen molar-refractivity contribution in [1.29, 1.82) is 0 Å². The van der Waals surface area contributed by atoms with Gasteiger partial charge in [0.2, 0.25) is 10.0 Å². The third kappa shape index (κ3) is 4.66. The molecule has 0 spiro atoms. The van der Waals surface area contributed by atoms with Crippen LogP contribution < -0.4 is 5.32 Å². The van der Waals surface area contributed by atoms with Gasteiger partial charge >= 0.3 is 0 Å². The minimum absolute atomic E-state index is 0.141. The van der Waals surface area contributed by atoms with E-state index in [9.17, 15) is 13.2 Å². The molecule has 1 amide bonds. The summed E-state index contributed by atoms with van der Waals surface area (Å²) in [6.07, 6.45) is 7.90. The van der Waals surface area contributed by atoms with Crippen LogP contribution in [0.15, 0.2) is 52.8 Å². The van der Waals surface area contributed by atoms with E-state index in [4.69, 9.17) is 0 Å². The molecule has 0 bridgehead atoms. The zero-order valence-electron chi connectivity index (χ0n) is 15.0. The third-order valence-electron chi connectivity index (χ3n) is 4.61. The molecule has 2 aromatic rings. The first-order valence-corrected chi connectivity index (χ1v) is 11.4. The second-order valence-electron chi connectivity index (χ2n) is 6.31. The molecule has 27 heavy (non-hydrogen) atoms. The lowest BCUT2D eigenvalue weighted by atomic mass is 9.98. The highest BCUT2D eigenvalue weighted by atomic mass is 32.2. The van der Waals surface area contributed by atoms with Gasteiger partial charge in [0.05, 0.1) is 5.56 Å². The summed E-state index contributed by atoms with van der Waals surface area (Å²) in [5.74, 6) is 0.113. The smallest absolute Gasteiger partial charge is 0.254 e. The van der Waals surface area contributed by atoms with E-state index in [0.29, 0.717) is 43.1 Å². The van der Waals surface area contributed by atoms with E-state index < -0.39 is 10.0 Å². The minimum Gasteiger partial charge on any atom is -0.352 e. The summed E-state index contributed by atoms with van der Waals surface area (Å²) in [6, 6.07) is 6.69. The van der Waals surface area contributed by atoms with E-state index in [1.54, 1.807) is 36.7 Å². The molecule has 0 aromatic carbocycles. The molecule has 1 aliphatic heterocycles. The van der Waals surface area contributed by atoms with Crippen molar-refractivity contribution in [2.24, 2.45) is 5.92 Å². The van der Waals surface area contributed by atoms with Crippen LogP contribution >= 0.6 is 11.8 Å². The van der Waals surface area contributed by atoms with E-state index in [1.807, 2.05) is 6.26 Å². The van der Waals surface area contributed by atoms with Crippen LogP contribution in [0.25, 0.3) is 0 Å². The van der Waals surface area contributed by atoms with Gasteiger partial charge in [-0.1, -0.05) is 0 Å². The monoisotopic (exact) mass is 406 g/mol. The molecular formula is C18H22N4O3S2. The Bertz CT molecular complexity index is 882. The number of nitrogens with zero attached hydrogens (tertiary/aromatic N) is 3. The lowest BCUT2D eigenvalue weighted by Crippen LogP contribution is -2.41. The van der Waals surface area contributed by atoms with Crippen molar-refractivity contribution < 1.29 is 13.2 Å². The van der Waals surface area contributed by atoms with Crippen molar-refractivity contribution in [1.82, 2.24) is 19.6 Å². The highest BCUT2D eigenvalue weighted by molar-refractivity contribution is 7.98. The Morgan fingerprint density at radius 3 is 2.67 bits per heavy atom. The number of amides is 1. The van der Waals surface area contributed by atoms with Crippen molar-refractivity contribution in [2.45, 2.75) is 22.8 Å². The molecule has 144 valence electrons. The molecule has 1 N–H and O–H groups in total. The molecule has 9 heteroatoms. The molecule has 2 aromatic heterocycles. The maximum atomic E-state index is 12.6. The van der Waals surface area contributed by atoms with Gasteiger partial charge in [-0.05, 0) is 49.3 Å². The average Bonchev–Trinajstić information content (AvgIpc) is 2.73. The van der Waals surface area contributed by atoms with E-state index in [2.05, 4.69) is 15.3 Å². The van der Waals surface area contributed by atoms with Gasteiger partial charge in [-0.15, -0.1) is 11.8 Å². The van der Waals surface area contributed by atoms with Gasteiger partial charge in [-0.3, -0.25) is 9.78 Å². The largest absolute Gasteiger partial charge is 0.352 e. The fraction of sp³-hybridized carbons (Fsp3) is 0.389. The summed E-state index contributed by atoms with van der Waals surface area (Å²) in [4.78, 5) is 20.7. The van der Waals surface area contributed by atoms with Crippen LogP contribution in [-0.2, 0) is 10.0 Å². The molecule has 3 heterocycles. The van der Waals surface area contributed by atoms with E-state index in [0.717, 1.165) is 0 Å². The number of aromatic nitrogens is 2. The van der Waals surface area contributed by atoms with Gasteiger partial charge in [0, 0.05) is 38.2 Å². The average molecular weight is 407 g/mol. The quantitative estimate of drug-likeness (QED) is 0.738. The second kappa shape index (κ2) is 8.81. The Morgan fingerprint density at radius 1 is 1.26 bits per heavy atom. The van der Waals surface area contributed by atoms with Crippen LogP contribution in [0.2, 0.25) is 0 Å². The van der Waals surface area contributed by atoms with Crippen LogP contribution in [0, 0.1) is 5.92 Å². The van der Waals surface area contributed by atoms with Crippen LogP contribution in [0.1, 0.15) is 23.2 Å². The van der Waals surface area contributed by atoms with Crippen molar-refractivity contribution in [3.8, 4) is 0 Å². The Labute approximate surface area is 163 Å². The van der Waals surface area contributed by atoms with Gasteiger partial charge in [-0.25, -0.2) is 13.4 Å². The Balaban J connectivity index is 1.53. The van der Waals surface area contributed by atoms with Gasteiger partial charge in [0.25, 0.3) is 5.91 Å². The Kier molecular flexibility index (Phi) is 6.46. The molecule has 0 radical (unpaired) electrons. The summed E-state index contributed by atoms with van der Waals surface area (Å²) in [7, 11) is -3.50. The van der Waals surface area contributed by atoms with Crippen LogP contribution in [-0.4, -0.2) is 54.5 Å². The molecule has 1 saturated heterocycles. The van der Waals surface area contributed by atoms with Gasteiger partial charge in [-0.2, -0.15) is 4.31 Å². The predicted octanol–water partition coefficient (Wildman–Crippen LogP) is 2.03. The fourth-order valence-corrected chi connectivity index (χ4v) is 5.04. The standard InChI is InChI=1S/C18H22N4O3S2/c1-26-18-16(5-3-9-20-18)17(23)21-12-14-6-10-22(11-7-14)27(24,25)15-4-2-8-19-13-15/h2-5,8-9,13-14H,6-7,10-12H2,1H3,(H,21,23). The van der Waals surface area contributed by atoms with Gasteiger partial charge in [0.1, 0.15) is 9.92 Å². The van der Waals surface area contributed by atoms with Crippen LogP contribution in [0.5, 0.6) is 0 Å². The number of nitrogens with one attached hydrogen (secondary N) is 1. The lowest BCUT2D eigenvalue weighted by Gasteiger charge is -2.31. The number of hydrogen-bond acceptors (Lipinski definition) is 6. The maximum absolute atomic E-state index is 12.6. The first kappa shape index (κ1) is 19.8. The highest BCUT2D eigenvalue weighted by Gasteiger charge is 2.29. The summed E-state index contributed by atoms with van der Waals surface area (Å²) < 4.78 is 26.7. The number of thioether (sulfide) groups is 1. The van der Waals surface area contributed by atoms with Crippen molar-refractivity contribution >= 4 is 27.7 Å². The van der Waals surface area contributed by atoms with E-state index in [1.165, 1.54) is 22.3 Å².